The quantitative estimate of drug-likeness (QED) is 0.610. The summed E-state index contributed by atoms with van der Waals surface area (Å²) in [6, 6.07) is 3.76. The molecule has 0 bridgehead atoms. The van der Waals surface area contributed by atoms with E-state index in [2.05, 4.69) is 15.3 Å². The van der Waals surface area contributed by atoms with Crippen LogP contribution in [0.1, 0.15) is 42.6 Å². The van der Waals surface area contributed by atoms with Gasteiger partial charge in [-0.15, -0.1) is 0 Å². The molecular weight excluding hydrogens is 411 g/mol. The third-order valence-electron chi connectivity index (χ3n) is 3.84. The predicted molar refractivity (Wildman–Crippen MR) is 101 cm³/mol. The molecule has 6 nitrogen and oxygen atoms in total. The van der Waals surface area contributed by atoms with Crippen molar-refractivity contribution in [1.82, 2.24) is 9.97 Å². The molecule has 10 heteroatoms. The average Bonchev–Trinajstić information content (AvgIpc) is 2.66. The van der Waals surface area contributed by atoms with Gasteiger partial charge < -0.3 is 10.1 Å². The van der Waals surface area contributed by atoms with E-state index in [0.717, 1.165) is 6.07 Å². The number of ether oxygens (including phenoxy) is 1. The van der Waals surface area contributed by atoms with E-state index in [1.165, 1.54) is 18.3 Å². The second-order valence-corrected chi connectivity index (χ2v) is 6.79. The van der Waals surface area contributed by atoms with Gasteiger partial charge in [-0.3, -0.25) is 9.59 Å². The number of Topliss-reactive ketones (excluding diaryl/α,β-unsaturated/α-hetero) is 1. The molecule has 0 saturated heterocycles. The molecule has 2 aromatic rings. The number of nitrogens with one attached hydrogen (secondary N) is 1. The Labute approximate surface area is 170 Å². The second-order valence-electron chi connectivity index (χ2n) is 6.38. The highest BCUT2D eigenvalue weighted by Gasteiger charge is 2.31. The standard InChI is InChI=1S/C19H19ClF3N3O3/c1-3-17(28)26-16-7-12(4-5-24-16)15(27)6-11(2)10-29-18-14(20)8-13(9-25-18)19(21,22)23/h4-5,7-9,11H,3,6,10H2,1-2H3,(H,24,26,28)/t11-/m0/s1. The molecule has 0 aliphatic heterocycles. The van der Waals surface area contributed by atoms with E-state index >= 15 is 0 Å². The summed E-state index contributed by atoms with van der Waals surface area (Å²) in [5.41, 5.74) is -0.592. The van der Waals surface area contributed by atoms with E-state index in [1.807, 2.05) is 0 Å². The topological polar surface area (TPSA) is 81.2 Å². The van der Waals surface area contributed by atoms with Crippen molar-refractivity contribution in [2.24, 2.45) is 5.92 Å². The van der Waals surface area contributed by atoms with Crippen molar-refractivity contribution < 1.29 is 27.5 Å². The molecule has 0 fully saturated rings. The van der Waals surface area contributed by atoms with Crippen molar-refractivity contribution in [3.05, 3.63) is 46.7 Å². The van der Waals surface area contributed by atoms with E-state index in [9.17, 15) is 22.8 Å². The van der Waals surface area contributed by atoms with Crippen LogP contribution in [0.3, 0.4) is 0 Å². The number of pyridine rings is 2. The van der Waals surface area contributed by atoms with Crippen LogP contribution in [0.15, 0.2) is 30.6 Å². The van der Waals surface area contributed by atoms with Crippen molar-refractivity contribution in [2.45, 2.75) is 32.9 Å². The lowest BCUT2D eigenvalue weighted by atomic mass is 10.0. The monoisotopic (exact) mass is 429 g/mol. The highest BCUT2D eigenvalue weighted by molar-refractivity contribution is 6.31. The van der Waals surface area contributed by atoms with E-state index in [4.69, 9.17) is 16.3 Å². The van der Waals surface area contributed by atoms with Crippen molar-refractivity contribution >= 4 is 29.1 Å². The van der Waals surface area contributed by atoms with E-state index < -0.39 is 11.7 Å². The van der Waals surface area contributed by atoms with Gasteiger partial charge in [0.1, 0.15) is 10.8 Å². The average molecular weight is 430 g/mol. The summed E-state index contributed by atoms with van der Waals surface area (Å²) in [5, 5.41) is 2.32. The minimum absolute atomic E-state index is 0.0360. The van der Waals surface area contributed by atoms with Gasteiger partial charge in [0, 0.05) is 30.8 Å². The minimum Gasteiger partial charge on any atom is -0.476 e. The molecule has 1 N–H and O–H groups in total. The van der Waals surface area contributed by atoms with Gasteiger partial charge in [0.15, 0.2) is 5.78 Å². The predicted octanol–water partition coefficient (Wildman–Crippen LogP) is 4.79. The fourth-order valence-electron chi connectivity index (χ4n) is 2.30. The first kappa shape index (κ1) is 22.6. The number of aromatic nitrogens is 2. The molecule has 1 atom stereocenters. The van der Waals surface area contributed by atoms with Gasteiger partial charge in [0.25, 0.3) is 0 Å². The van der Waals surface area contributed by atoms with Gasteiger partial charge >= 0.3 is 6.18 Å². The lowest BCUT2D eigenvalue weighted by molar-refractivity contribution is -0.137. The van der Waals surface area contributed by atoms with Crippen LogP contribution in [-0.4, -0.2) is 28.3 Å². The Balaban J connectivity index is 1.94. The maximum absolute atomic E-state index is 12.6. The highest BCUT2D eigenvalue weighted by atomic mass is 35.5. The summed E-state index contributed by atoms with van der Waals surface area (Å²) in [5.74, 6) is -0.518. The van der Waals surface area contributed by atoms with Gasteiger partial charge in [-0.25, -0.2) is 9.97 Å². The third kappa shape index (κ3) is 6.70. The van der Waals surface area contributed by atoms with Crippen molar-refractivity contribution in [1.29, 1.82) is 0 Å². The Hall–Kier alpha value is -2.68. The number of carbonyl (C=O) groups excluding carboxylic acids is 2. The van der Waals surface area contributed by atoms with Crippen LogP contribution in [0, 0.1) is 5.92 Å². The summed E-state index contributed by atoms with van der Waals surface area (Å²) in [7, 11) is 0. The molecule has 2 heterocycles. The Morgan fingerprint density at radius 1 is 1.28 bits per heavy atom. The molecular formula is C19H19ClF3N3O3. The number of hydrogen-bond donors (Lipinski definition) is 1. The van der Waals surface area contributed by atoms with E-state index in [0.29, 0.717) is 11.8 Å². The number of alkyl halides is 3. The molecule has 0 radical (unpaired) electrons. The zero-order chi connectivity index (χ0) is 21.6. The zero-order valence-electron chi connectivity index (χ0n) is 15.7. The summed E-state index contributed by atoms with van der Waals surface area (Å²) in [4.78, 5) is 31.4. The van der Waals surface area contributed by atoms with Gasteiger partial charge in [-0.2, -0.15) is 13.2 Å². The van der Waals surface area contributed by atoms with Crippen LogP contribution in [0.2, 0.25) is 5.02 Å². The molecule has 29 heavy (non-hydrogen) atoms. The maximum Gasteiger partial charge on any atom is 0.417 e. The Morgan fingerprint density at radius 2 is 2.00 bits per heavy atom. The van der Waals surface area contributed by atoms with Crippen LogP contribution in [0.4, 0.5) is 19.0 Å². The van der Waals surface area contributed by atoms with E-state index in [-0.39, 0.29) is 53.8 Å². The number of halogens is 4. The van der Waals surface area contributed by atoms with Crippen molar-refractivity contribution in [3.63, 3.8) is 0 Å². The lowest BCUT2D eigenvalue weighted by Gasteiger charge is -2.14. The van der Waals surface area contributed by atoms with Crippen LogP contribution in [0.25, 0.3) is 0 Å². The lowest BCUT2D eigenvalue weighted by Crippen LogP contribution is -2.15. The first-order valence-corrected chi connectivity index (χ1v) is 9.12. The van der Waals surface area contributed by atoms with Crippen LogP contribution >= 0.6 is 11.6 Å². The number of hydrogen-bond acceptors (Lipinski definition) is 5. The Bertz CT molecular complexity index is 890. The Morgan fingerprint density at radius 3 is 2.62 bits per heavy atom. The summed E-state index contributed by atoms with van der Waals surface area (Å²) in [6.07, 6.45) is -2.08. The minimum atomic E-state index is -4.55. The number of carbonyl (C=O) groups is 2. The zero-order valence-corrected chi connectivity index (χ0v) is 16.5. The number of amides is 1. The highest BCUT2D eigenvalue weighted by Crippen LogP contribution is 2.33. The molecule has 1 amide bonds. The van der Waals surface area contributed by atoms with Gasteiger partial charge in [0.05, 0.1) is 12.2 Å². The fourth-order valence-corrected chi connectivity index (χ4v) is 2.53. The second kappa shape index (κ2) is 9.69. The first-order chi connectivity index (χ1) is 13.6. The molecule has 2 rings (SSSR count). The van der Waals surface area contributed by atoms with Crippen LogP contribution in [0.5, 0.6) is 5.88 Å². The van der Waals surface area contributed by atoms with Gasteiger partial charge in [-0.05, 0) is 24.1 Å². The maximum atomic E-state index is 12.6. The SMILES string of the molecule is CCC(=O)Nc1cc(C(=O)C[C@H](C)COc2ncc(C(F)(F)F)cc2Cl)ccn1. The number of nitrogens with zero attached hydrogens (tertiary/aromatic N) is 2. The summed E-state index contributed by atoms with van der Waals surface area (Å²) < 4.78 is 43.3. The van der Waals surface area contributed by atoms with Crippen molar-refractivity contribution in [3.8, 4) is 5.88 Å². The third-order valence-corrected chi connectivity index (χ3v) is 4.11. The number of rotatable bonds is 8. The van der Waals surface area contributed by atoms with Crippen LogP contribution < -0.4 is 10.1 Å². The Kier molecular flexibility index (Phi) is 7.55. The molecule has 0 saturated carbocycles. The molecule has 0 aliphatic carbocycles. The number of ketones is 1. The molecule has 0 aromatic carbocycles. The molecule has 0 unspecified atom stereocenters. The first-order valence-electron chi connectivity index (χ1n) is 8.74. The summed E-state index contributed by atoms with van der Waals surface area (Å²) >= 11 is 5.80. The van der Waals surface area contributed by atoms with Gasteiger partial charge in [0.2, 0.25) is 11.8 Å². The van der Waals surface area contributed by atoms with Crippen LogP contribution in [-0.2, 0) is 11.0 Å². The molecule has 0 spiro atoms. The van der Waals surface area contributed by atoms with Crippen molar-refractivity contribution in [2.75, 3.05) is 11.9 Å². The van der Waals surface area contributed by atoms with E-state index in [1.54, 1.807) is 13.8 Å². The summed E-state index contributed by atoms with van der Waals surface area (Å²) in [6.45, 7) is 3.48. The molecule has 2 aromatic heterocycles. The van der Waals surface area contributed by atoms with Gasteiger partial charge in [-0.1, -0.05) is 25.4 Å². The normalized spacial score (nSPS) is 12.3. The number of anilines is 1. The fraction of sp³-hybridized carbons (Fsp3) is 0.368. The largest absolute Gasteiger partial charge is 0.476 e. The molecule has 0 aliphatic rings. The smallest absolute Gasteiger partial charge is 0.417 e. The molecule has 156 valence electrons.